The second kappa shape index (κ2) is 11.0. The molecule has 1 aliphatic rings. The Hall–Kier alpha value is -0.604. The molecular formula is C18H28FeOSi-6. The van der Waals surface area contributed by atoms with E-state index in [1.165, 1.54) is 24.4 Å². The number of hydrogen-bond donors (Lipinski definition) is 0. The zero-order valence-corrected chi connectivity index (χ0v) is 15.8. The molecule has 3 rings (SSSR count). The fourth-order valence-corrected chi connectivity index (χ4v) is 4.65. The molecule has 0 spiro atoms. The molecule has 2 aromatic rings. The van der Waals surface area contributed by atoms with Crippen LogP contribution in [0.3, 0.4) is 0 Å². The van der Waals surface area contributed by atoms with Gasteiger partial charge in [-0.3, -0.25) is 0 Å². The van der Waals surface area contributed by atoms with E-state index >= 15 is 0 Å². The smallest absolute Gasteiger partial charge is 0.187 e. The fourth-order valence-electron chi connectivity index (χ4n) is 2.27. The van der Waals surface area contributed by atoms with E-state index < -0.39 is 8.32 Å². The van der Waals surface area contributed by atoms with E-state index in [-0.39, 0.29) is 17.1 Å². The van der Waals surface area contributed by atoms with Gasteiger partial charge >= 0.3 is 0 Å². The van der Waals surface area contributed by atoms with Crippen LogP contribution in [0.5, 0.6) is 0 Å². The van der Waals surface area contributed by atoms with Crippen molar-refractivity contribution in [1.29, 1.82) is 0 Å². The summed E-state index contributed by atoms with van der Waals surface area (Å²) in [5, 5.41) is 0. The predicted molar refractivity (Wildman–Crippen MR) is 90.9 cm³/mol. The zero-order chi connectivity index (χ0) is 14.8. The predicted octanol–water partition coefficient (Wildman–Crippen LogP) is 5.51. The second-order valence-electron chi connectivity index (χ2n) is 6.00. The summed E-state index contributed by atoms with van der Waals surface area (Å²) < 4.78 is 5.81. The summed E-state index contributed by atoms with van der Waals surface area (Å²) in [5.41, 5.74) is 1.34. The molecule has 0 aromatic heterocycles. The van der Waals surface area contributed by atoms with Gasteiger partial charge in [0.05, 0.1) is 0 Å². The Morgan fingerprint density at radius 2 is 1.52 bits per heavy atom. The fraction of sp³-hybridized carbons (Fsp3) is 0.444. The Morgan fingerprint density at radius 3 is 1.76 bits per heavy atom. The van der Waals surface area contributed by atoms with E-state index in [4.69, 9.17) is 4.43 Å². The first-order valence-electron chi connectivity index (χ1n) is 7.52. The Labute approximate surface area is 142 Å². The molecule has 0 aliphatic carbocycles. The standard InChI is InChI=1S/C7H16OSi.C6H7.C5H5.Fe/c1-7-5-4-6-9(2,3)8-7;1-6-4-2-3-5-6;1-2-4-5-3-1;/h7H,4-6H2,1-3H3;2-5H,1H3;1-5H;/q;-1;-5;. The van der Waals surface area contributed by atoms with Gasteiger partial charge in [-0.15, -0.1) is 0 Å². The van der Waals surface area contributed by atoms with Crippen molar-refractivity contribution in [2.75, 3.05) is 0 Å². The van der Waals surface area contributed by atoms with E-state index in [1.807, 2.05) is 42.5 Å². The molecule has 0 N–H and O–H groups in total. The Balaban J connectivity index is 0.000000292. The molecule has 3 heteroatoms. The van der Waals surface area contributed by atoms with E-state index in [1.54, 1.807) is 0 Å². The molecule has 1 nitrogen and oxygen atoms in total. The van der Waals surface area contributed by atoms with E-state index in [2.05, 4.69) is 39.1 Å². The SMILES string of the molecule is CC1CCC[Si](C)(C)O1.C[c-]1cccc1.[Fe].[cH-]1[cH-][cH-][cH-][cH-]1. The Bertz CT molecular complexity index is 403. The first-order chi connectivity index (χ1) is 9.49. The van der Waals surface area contributed by atoms with E-state index in [9.17, 15) is 0 Å². The molecule has 21 heavy (non-hydrogen) atoms. The minimum Gasteiger partial charge on any atom is -0.748 e. The third kappa shape index (κ3) is 10.7. The molecule has 1 unspecified atom stereocenters. The van der Waals surface area contributed by atoms with Crippen LogP contribution in [0.2, 0.25) is 19.1 Å². The quantitative estimate of drug-likeness (QED) is 0.452. The summed E-state index contributed by atoms with van der Waals surface area (Å²) in [5.74, 6) is 0. The molecule has 1 saturated heterocycles. The third-order valence-corrected chi connectivity index (χ3v) is 5.89. The van der Waals surface area contributed by atoms with Gasteiger partial charge in [0.25, 0.3) is 0 Å². The van der Waals surface area contributed by atoms with Gasteiger partial charge in [0.2, 0.25) is 0 Å². The molecule has 1 heterocycles. The van der Waals surface area contributed by atoms with Crippen LogP contribution in [0.1, 0.15) is 25.3 Å². The monoisotopic (exact) mass is 344 g/mol. The van der Waals surface area contributed by atoms with Gasteiger partial charge in [-0.1, -0.05) is 13.3 Å². The molecule has 0 radical (unpaired) electrons. The van der Waals surface area contributed by atoms with Gasteiger partial charge in [-0.25, -0.2) is 12.1 Å². The molecular weight excluding hydrogens is 316 g/mol. The summed E-state index contributed by atoms with van der Waals surface area (Å²) >= 11 is 0. The molecule has 0 amide bonds. The first kappa shape index (κ1) is 20.4. The molecule has 1 atom stereocenters. The van der Waals surface area contributed by atoms with Crippen LogP contribution < -0.4 is 0 Å². The largest absolute Gasteiger partial charge is 0.748 e. The molecule has 0 bridgehead atoms. The average molecular weight is 344 g/mol. The van der Waals surface area contributed by atoms with Crippen molar-refractivity contribution in [2.45, 2.75) is 51.9 Å². The van der Waals surface area contributed by atoms with Crippen molar-refractivity contribution in [3.05, 3.63) is 60.2 Å². The molecule has 1 fully saturated rings. The van der Waals surface area contributed by atoms with E-state index in [0.717, 1.165) is 0 Å². The molecule has 1 aliphatic heterocycles. The van der Waals surface area contributed by atoms with Gasteiger partial charge in [0.15, 0.2) is 8.32 Å². The van der Waals surface area contributed by atoms with Gasteiger partial charge in [0, 0.05) is 23.2 Å². The molecule has 2 aromatic carbocycles. The maximum absolute atomic E-state index is 5.81. The van der Waals surface area contributed by atoms with Gasteiger partial charge < -0.3 is 34.8 Å². The summed E-state index contributed by atoms with van der Waals surface area (Å²) in [6.45, 7) is 8.89. The van der Waals surface area contributed by atoms with Crippen LogP contribution in [0.4, 0.5) is 0 Å². The first-order valence-corrected chi connectivity index (χ1v) is 10.6. The number of hydrogen-bond acceptors (Lipinski definition) is 1. The van der Waals surface area contributed by atoms with Crippen LogP contribution in [-0.2, 0) is 21.5 Å². The Morgan fingerprint density at radius 1 is 1.05 bits per heavy atom. The van der Waals surface area contributed by atoms with Crippen LogP contribution in [0, 0.1) is 6.92 Å². The summed E-state index contributed by atoms with van der Waals surface area (Å²) in [7, 11) is -1.15. The van der Waals surface area contributed by atoms with Crippen LogP contribution >= 0.6 is 0 Å². The average Bonchev–Trinajstić information content (AvgIpc) is 3.02. The summed E-state index contributed by atoms with van der Waals surface area (Å²) in [6.07, 6.45) is 3.21. The normalized spacial score (nSPS) is 19.1. The van der Waals surface area contributed by atoms with Gasteiger partial charge in [-0.05, 0) is 32.5 Å². The van der Waals surface area contributed by atoms with Gasteiger partial charge in [-0.2, -0.15) is 17.7 Å². The number of aryl methyl sites for hydroxylation is 1. The van der Waals surface area contributed by atoms with Crippen molar-refractivity contribution in [3.8, 4) is 0 Å². The van der Waals surface area contributed by atoms with Crippen molar-refractivity contribution < 1.29 is 21.5 Å². The maximum Gasteiger partial charge on any atom is 0.187 e. The Kier molecular flexibility index (Phi) is 10.7. The molecule has 124 valence electrons. The van der Waals surface area contributed by atoms with Crippen LogP contribution in [0.25, 0.3) is 0 Å². The second-order valence-corrected chi connectivity index (χ2v) is 10.3. The minimum atomic E-state index is -1.15. The minimum absolute atomic E-state index is 0. The summed E-state index contributed by atoms with van der Waals surface area (Å²) in [4.78, 5) is 0. The van der Waals surface area contributed by atoms with Crippen molar-refractivity contribution in [2.24, 2.45) is 0 Å². The number of rotatable bonds is 0. The maximum atomic E-state index is 5.81. The van der Waals surface area contributed by atoms with Crippen molar-refractivity contribution in [1.82, 2.24) is 0 Å². The van der Waals surface area contributed by atoms with Gasteiger partial charge in [0.1, 0.15) is 0 Å². The van der Waals surface area contributed by atoms with E-state index in [0.29, 0.717) is 6.10 Å². The zero-order valence-electron chi connectivity index (χ0n) is 13.7. The van der Waals surface area contributed by atoms with Crippen LogP contribution in [0.15, 0.2) is 54.6 Å². The third-order valence-electron chi connectivity index (χ3n) is 3.29. The summed E-state index contributed by atoms with van der Waals surface area (Å²) in [6, 6.07) is 19.6. The molecule has 0 saturated carbocycles. The van der Waals surface area contributed by atoms with Crippen LogP contribution in [-0.4, -0.2) is 14.4 Å². The van der Waals surface area contributed by atoms with Crippen molar-refractivity contribution in [3.63, 3.8) is 0 Å². The topological polar surface area (TPSA) is 9.23 Å². The van der Waals surface area contributed by atoms with Crippen molar-refractivity contribution >= 4 is 8.32 Å².